The van der Waals surface area contributed by atoms with Gasteiger partial charge in [0.25, 0.3) is 0 Å². The first-order valence-corrected chi connectivity index (χ1v) is 5.82. The van der Waals surface area contributed by atoms with E-state index < -0.39 is 0 Å². The topological polar surface area (TPSA) is 29.0 Å². The summed E-state index contributed by atoms with van der Waals surface area (Å²) in [6.07, 6.45) is 6.37. The van der Waals surface area contributed by atoms with Crippen LogP contribution in [0.3, 0.4) is 0 Å². The van der Waals surface area contributed by atoms with Crippen LogP contribution in [0, 0.1) is 11.8 Å². The highest BCUT2D eigenvalue weighted by Crippen LogP contribution is 2.50. The summed E-state index contributed by atoms with van der Waals surface area (Å²) >= 11 is 0. The van der Waals surface area contributed by atoms with Gasteiger partial charge in [0, 0.05) is 24.5 Å². The zero-order valence-corrected chi connectivity index (χ0v) is 9.30. The third-order valence-corrected chi connectivity index (χ3v) is 3.70. The lowest BCUT2D eigenvalue weighted by Gasteiger charge is -2.30. The van der Waals surface area contributed by atoms with E-state index in [1.165, 1.54) is 12.8 Å². The van der Waals surface area contributed by atoms with Crippen LogP contribution < -0.4 is 4.90 Å². The highest BCUT2D eigenvalue weighted by atomic mass is 15.3. The number of anilines is 1. The second-order valence-electron chi connectivity index (χ2n) is 5.07. The van der Waals surface area contributed by atoms with Gasteiger partial charge in [-0.05, 0) is 30.7 Å². The van der Waals surface area contributed by atoms with E-state index in [9.17, 15) is 0 Å². The first-order valence-electron chi connectivity index (χ1n) is 5.82. The molecular weight excluding hydrogens is 186 g/mol. The van der Waals surface area contributed by atoms with Gasteiger partial charge < -0.3 is 4.90 Å². The lowest BCUT2D eigenvalue weighted by atomic mass is 10.00. The fraction of sp³-hybridized carbons (Fsp3) is 0.667. The molecule has 1 aliphatic heterocycles. The van der Waals surface area contributed by atoms with E-state index >= 15 is 0 Å². The highest BCUT2D eigenvalue weighted by Gasteiger charge is 2.53. The second-order valence-corrected chi connectivity index (χ2v) is 5.07. The van der Waals surface area contributed by atoms with E-state index in [4.69, 9.17) is 0 Å². The van der Waals surface area contributed by atoms with Crippen LogP contribution >= 0.6 is 0 Å². The van der Waals surface area contributed by atoms with E-state index in [-0.39, 0.29) is 0 Å². The maximum Gasteiger partial charge on any atom is 0.225 e. The molecule has 1 aliphatic carbocycles. The predicted octanol–water partition coefficient (Wildman–Crippen LogP) is 2.10. The number of hydrogen-bond donors (Lipinski definition) is 0. The maximum absolute atomic E-state index is 4.39. The smallest absolute Gasteiger partial charge is 0.225 e. The standard InChI is InChI=1S/C12H17N3/c1-8(2)10-6-9-7-11(9)15(10)12-13-4-3-5-14-12/h3-5,8-11H,6-7H2,1-2H3. The van der Waals surface area contributed by atoms with Gasteiger partial charge in [-0.1, -0.05) is 13.8 Å². The minimum absolute atomic E-state index is 0.649. The predicted molar refractivity (Wildman–Crippen MR) is 59.6 cm³/mol. The van der Waals surface area contributed by atoms with E-state index in [1.807, 2.05) is 18.5 Å². The second kappa shape index (κ2) is 3.19. The van der Waals surface area contributed by atoms with Gasteiger partial charge in [-0.15, -0.1) is 0 Å². The molecule has 15 heavy (non-hydrogen) atoms. The molecule has 1 aromatic heterocycles. The zero-order chi connectivity index (χ0) is 10.4. The van der Waals surface area contributed by atoms with Crippen molar-refractivity contribution in [1.82, 2.24) is 9.97 Å². The normalized spacial score (nSPS) is 33.3. The summed E-state index contributed by atoms with van der Waals surface area (Å²) in [5.74, 6) is 2.55. The molecule has 3 nitrogen and oxygen atoms in total. The Morgan fingerprint density at radius 1 is 1.27 bits per heavy atom. The minimum atomic E-state index is 0.649. The lowest BCUT2D eigenvalue weighted by Crippen LogP contribution is -2.37. The van der Waals surface area contributed by atoms with Crippen molar-refractivity contribution in [3.63, 3.8) is 0 Å². The maximum atomic E-state index is 4.39. The van der Waals surface area contributed by atoms with E-state index in [2.05, 4.69) is 28.7 Å². The molecule has 80 valence electrons. The summed E-state index contributed by atoms with van der Waals surface area (Å²) in [6, 6.07) is 3.27. The van der Waals surface area contributed by atoms with Gasteiger partial charge in [0.2, 0.25) is 5.95 Å². The molecule has 0 radical (unpaired) electrons. The number of rotatable bonds is 2. The van der Waals surface area contributed by atoms with Crippen molar-refractivity contribution in [2.75, 3.05) is 4.90 Å². The summed E-state index contributed by atoms with van der Waals surface area (Å²) < 4.78 is 0. The Kier molecular flexibility index (Phi) is 1.94. The van der Waals surface area contributed by atoms with Crippen LogP contribution in [0.1, 0.15) is 26.7 Å². The first kappa shape index (κ1) is 9.13. The number of aromatic nitrogens is 2. The lowest BCUT2D eigenvalue weighted by molar-refractivity contribution is 0.453. The largest absolute Gasteiger partial charge is 0.334 e. The average molecular weight is 203 g/mol. The molecule has 1 saturated heterocycles. The number of hydrogen-bond acceptors (Lipinski definition) is 3. The Morgan fingerprint density at radius 3 is 2.67 bits per heavy atom. The molecule has 1 aromatic rings. The van der Waals surface area contributed by atoms with E-state index in [0.29, 0.717) is 12.0 Å². The molecule has 0 N–H and O–H groups in total. The number of piperidine rings is 1. The van der Waals surface area contributed by atoms with Crippen molar-refractivity contribution in [1.29, 1.82) is 0 Å². The van der Waals surface area contributed by atoms with Crippen LogP contribution in [-0.2, 0) is 0 Å². The van der Waals surface area contributed by atoms with Crippen molar-refractivity contribution < 1.29 is 0 Å². The molecule has 3 unspecified atom stereocenters. The fourth-order valence-corrected chi connectivity index (χ4v) is 2.81. The molecule has 2 aliphatic rings. The Morgan fingerprint density at radius 2 is 2.00 bits per heavy atom. The molecule has 3 heteroatoms. The van der Waals surface area contributed by atoms with Crippen LogP contribution in [0.15, 0.2) is 18.5 Å². The molecule has 0 bridgehead atoms. The van der Waals surface area contributed by atoms with Crippen molar-refractivity contribution >= 4 is 5.95 Å². The minimum Gasteiger partial charge on any atom is -0.334 e. The van der Waals surface area contributed by atoms with Crippen LogP contribution in [-0.4, -0.2) is 22.1 Å². The molecule has 0 amide bonds. The molecule has 0 spiro atoms. The summed E-state index contributed by atoms with van der Waals surface area (Å²) in [7, 11) is 0. The summed E-state index contributed by atoms with van der Waals surface area (Å²) in [5, 5.41) is 0. The summed E-state index contributed by atoms with van der Waals surface area (Å²) in [6.45, 7) is 4.59. The highest BCUT2D eigenvalue weighted by molar-refractivity contribution is 5.40. The van der Waals surface area contributed by atoms with Gasteiger partial charge in [0.1, 0.15) is 0 Å². The fourth-order valence-electron chi connectivity index (χ4n) is 2.81. The average Bonchev–Trinajstić information content (AvgIpc) is 2.91. The SMILES string of the molecule is CC(C)C1CC2CC2N1c1ncccn1. The van der Waals surface area contributed by atoms with Crippen molar-refractivity contribution in [2.45, 2.75) is 38.8 Å². The molecule has 0 aromatic carbocycles. The van der Waals surface area contributed by atoms with E-state index in [0.717, 1.165) is 17.9 Å². The molecule has 3 atom stereocenters. The molecule has 1 saturated carbocycles. The van der Waals surface area contributed by atoms with Crippen LogP contribution in [0.4, 0.5) is 5.95 Å². The van der Waals surface area contributed by atoms with Gasteiger partial charge in [-0.3, -0.25) is 0 Å². The Hall–Kier alpha value is -1.12. The summed E-state index contributed by atoms with van der Waals surface area (Å²) in [4.78, 5) is 11.2. The third kappa shape index (κ3) is 1.41. The quantitative estimate of drug-likeness (QED) is 0.737. The Bertz CT molecular complexity index is 349. The van der Waals surface area contributed by atoms with Gasteiger partial charge in [-0.25, -0.2) is 9.97 Å². The summed E-state index contributed by atoms with van der Waals surface area (Å²) in [5.41, 5.74) is 0. The van der Waals surface area contributed by atoms with Crippen LogP contribution in [0.2, 0.25) is 0 Å². The van der Waals surface area contributed by atoms with Crippen molar-refractivity contribution in [3.05, 3.63) is 18.5 Å². The zero-order valence-electron chi connectivity index (χ0n) is 9.30. The van der Waals surface area contributed by atoms with Crippen LogP contribution in [0.25, 0.3) is 0 Å². The van der Waals surface area contributed by atoms with Crippen molar-refractivity contribution in [2.24, 2.45) is 11.8 Å². The number of nitrogens with zero attached hydrogens (tertiary/aromatic N) is 3. The monoisotopic (exact) mass is 203 g/mol. The van der Waals surface area contributed by atoms with Crippen molar-refractivity contribution in [3.8, 4) is 0 Å². The van der Waals surface area contributed by atoms with Gasteiger partial charge in [-0.2, -0.15) is 0 Å². The first-order chi connectivity index (χ1) is 7.27. The third-order valence-electron chi connectivity index (χ3n) is 3.70. The number of fused-ring (bicyclic) bond motifs is 1. The molecule has 2 fully saturated rings. The van der Waals surface area contributed by atoms with Gasteiger partial charge in [0.15, 0.2) is 0 Å². The van der Waals surface area contributed by atoms with Gasteiger partial charge >= 0.3 is 0 Å². The molecule has 3 rings (SSSR count). The Labute approximate surface area is 90.5 Å². The van der Waals surface area contributed by atoms with Crippen LogP contribution in [0.5, 0.6) is 0 Å². The van der Waals surface area contributed by atoms with Gasteiger partial charge in [0.05, 0.1) is 0 Å². The Balaban J connectivity index is 1.90. The molecule has 2 heterocycles. The molecular formula is C12H17N3. The van der Waals surface area contributed by atoms with E-state index in [1.54, 1.807) is 0 Å².